The fraction of sp³-hybridized carbons (Fsp3) is 0.636. The summed E-state index contributed by atoms with van der Waals surface area (Å²) in [5.41, 5.74) is 0. The van der Waals surface area contributed by atoms with E-state index in [2.05, 4.69) is 0 Å². The second-order valence-electron chi connectivity index (χ2n) is 2.81. The second kappa shape index (κ2) is 10.4. The highest BCUT2D eigenvalue weighted by molar-refractivity contribution is 4.77. The lowest BCUT2D eigenvalue weighted by molar-refractivity contribution is -0.0270. The van der Waals surface area contributed by atoms with Crippen LogP contribution in [0.15, 0.2) is 24.3 Å². The van der Waals surface area contributed by atoms with Gasteiger partial charge in [0.1, 0.15) is 6.10 Å². The monoisotopic (exact) mass is 200 g/mol. The summed E-state index contributed by atoms with van der Waals surface area (Å²) in [6, 6.07) is 0. The molecule has 1 N–H and O–H groups in total. The molecule has 82 valence electrons. The van der Waals surface area contributed by atoms with E-state index in [0.29, 0.717) is 19.8 Å². The fourth-order valence-electron chi connectivity index (χ4n) is 0.805. The normalized spacial score (nSPS) is 14.2. The molecule has 0 radical (unpaired) electrons. The number of hydrogen-bond donors (Lipinski definition) is 1. The highest BCUT2D eigenvalue weighted by atomic mass is 16.5. The molecule has 0 aliphatic heterocycles. The first-order chi connectivity index (χ1) is 6.85. The molecule has 14 heavy (non-hydrogen) atoms. The maximum Gasteiger partial charge on any atom is 0.104 e. The smallest absolute Gasteiger partial charge is 0.104 e. The summed E-state index contributed by atoms with van der Waals surface area (Å²) < 4.78 is 10.6. The molecule has 0 fully saturated rings. The average Bonchev–Trinajstić information content (AvgIpc) is 2.22. The lowest BCUT2D eigenvalue weighted by Crippen LogP contribution is -2.24. The van der Waals surface area contributed by atoms with Crippen molar-refractivity contribution in [2.75, 3.05) is 26.4 Å². The molecule has 0 heterocycles. The van der Waals surface area contributed by atoms with Gasteiger partial charge in [-0.25, -0.2) is 0 Å². The Kier molecular flexibility index (Phi) is 9.96. The van der Waals surface area contributed by atoms with Crippen molar-refractivity contribution in [1.82, 2.24) is 0 Å². The first-order valence-corrected chi connectivity index (χ1v) is 4.87. The van der Waals surface area contributed by atoms with E-state index in [1.54, 1.807) is 0 Å². The van der Waals surface area contributed by atoms with Crippen molar-refractivity contribution in [1.29, 1.82) is 0 Å². The Bertz CT molecular complexity index is 164. The van der Waals surface area contributed by atoms with Gasteiger partial charge < -0.3 is 14.6 Å². The van der Waals surface area contributed by atoms with Crippen molar-refractivity contribution in [3.63, 3.8) is 0 Å². The SMILES string of the molecule is CC=CCOC[C@H](CO)OCC=CC. The van der Waals surface area contributed by atoms with Crippen LogP contribution in [0.3, 0.4) is 0 Å². The quantitative estimate of drug-likeness (QED) is 0.477. The Morgan fingerprint density at radius 1 is 1.14 bits per heavy atom. The molecule has 0 aromatic rings. The van der Waals surface area contributed by atoms with Crippen LogP contribution in [-0.2, 0) is 9.47 Å². The van der Waals surface area contributed by atoms with Crippen molar-refractivity contribution < 1.29 is 14.6 Å². The van der Waals surface area contributed by atoms with Gasteiger partial charge in [0, 0.05) is 0 Å². The van der Waals surface area contributed by atoms with Crippen molar-refractivity contribution in [2.24, 2.45) is 0 Å². The van der Waals surface area contributed by atoms with Gasteiger partial charge in [0.25, 0.3) is 0 Å². The molecular formula is C11H20O3. The molecule has 0 aliphatic rings. The maximum absolute atomic E-state index is 8.93. The standard InChI is InChI=1S/C11H20O3/c1-3-5-7-13-10-11(9-12)14-8-6-4-2/h3-6,11-12H,7-10H2,1-2H3/t11-/m0/s1. The Morgan fingerprint density at radius 2 is 1.79 bits per heavy atom. The Morgan fingerprint density at radius 3 is 2.36 bits per heavy atom. The molecule has 0 aliphatic carbocycles. The van der Waals surface area contributed by atoms with Gasteiger partial charge in [0.05, 0.1) is 26.4 Å². The lowest BCUT2D eigenvalue weighted by atomic mass is 10.4. The van der Waals surface area contributed by atoms with Crippen LogP contribution in [0, 0.1) is 0 Å². The Balaban J connectivity index is 3.47. The third-order valence-electron chi connectivity index (χ3n) is 1.62. The number of aliphatic hydroxyl groups is 1. The van der Waals surface area contributed by atoms with E-state index >= 15 is 0 Å². The number of aliphatic hydroxyl groups excluding tert-OH is 1. The average molecular weight is 200 g/mol. The first-order valence-electron chi connectivity index (χ1n) is 4.87. The lowest BCUT2D eigenvalue weighted by Gasteiger charge is -2.13. The molecule has 3 nitrogen and oxygen atoms in total. The fourth-order valence-corrected chi connectivity index (χ4v) is 0.805. The number of hydrogen-bond acceptors (Lipinski definition) is 3. The van der Waals surface area contributed by atoms with Gasteiger partial charge in [-0.1, -0.05) is 24.3 Å². The second-order valence-corrected chi connectivity index (χ2v) is 2.81. The number of rotatable bonds is 8. The molecule has 1 atom stereocenters. The van der Waals surface area contributed by atoms with E-state index in [4.69, 9.17) is 14.6 Å². The van der Waals surface area contributed by atoms with Crippen LogP contribution >= 0.6 is 0 Å². The molecule has 0 rings (SSSR count). The molecule has 0 unspecified atom stereocenters. The third-order valence-corrected chi connectivity index (χ3v) is 1.62. The van der Waals surface area contributed by atoms with E-state index in [-0.39, 0.29) is 12.7 Å². The molecule has 0 bridgehead atoms. The maximum atomic E-state index is 8.93. The van der Waals surface area contributed by atoms with Crippen molar-refractivity contribution in [2.45, 2.75) is 20.0 Å². The van der Waals surface area contributed by atoms with E-state index in [9.17, 15) is 0 Å². The van der Waals surface area contributed by atoms with Gasteiger partial charge >= 0.3 is 0 Å². The number of allylic oxidation sites excluding steroid dienone is 2. The number of ether oxygens (including phenoxy) is 2. The zero-order valence-electron chi connectivity index (χ0n) is 8.98. The predicted octanol–water partition coefficient (Wildman–Crippen LogP) is 1.53. The van der Waals surface area contributed by atoms with Crippen LogP contribution < -0.4 is 0 Å². The predicted molar refractivity (Wildman–Crippen MR) is 57.3 cm³/mol. The Labute approximate surface area is 86.0 Å². The molecule has 3 heteroatoms. The van der Waals surface area contributed by atoms with Gasteiger partial charge in [-0.05, 0) is 13.8 Å². The van der Waals surface area contributed by atoms with Crippen LogP contribution in [0.5, 0.6) is 0 Å². The molecular weight excluding hydrogens is 180 g/mol. The summed E-state index contributed by atoms with van der Waals surface area (Å²) >= 11 is 0. The van der Waals surface area contributed by atoms with Gasteiger partial charge in [-0.3, -0.25) is 0 Å². The van der Waals surface area contributed by atoms with E-state index in [1.165, 1.54) is 0 Å². The topological polar surface area (TPSA) is 38.7 Å². The summed E-state index contributed by atoms with van der Waals surface area (Å²) in [4.78, 5) is 0. The third kappa shape index (κ3) is 7.98. The first kappa shape index (κ1) is 13.4. The van der Waals surface area contributed by atoms with Crippen LogP contribution in [0.4, 0.5) is 0 Å². The van der Waals surface area contributed by atoms with Crippen LogP contribution in [-0.4, -0.2) is 37.6 Å². The van der Waals surface area contributed by atoms with E-state index in [1.807, 2.05) is 38.2 Å². The minimum atomic E-state index is -0.226. The van der Waals surface area contributed by atoms with E-state index < -0.39 is 0 Å². The van der Waals surface area contributed by atoms with Gasteiger partial charge in [0.15, 0.2) is 0 Å². The van der Waals surface area contributed by atoms with E-state index in [0.717, 1.165) is 0 Å². The summed E-state index contributed by atoms with van der Waals surface area (Å²) in [5, 5.41) is 8.93. The molecule has 0 aromatic heterocycles. The highest BCUT2D eigenvalue weighted by Gasteiger charge is 2.05. The van der Waals surface area contributed by atoms with Gasteiger partial charge in [0.2, 0.25) is 0 Å². The molecule has 0 aromatic carbocycles. The minimum Gasteiger partial charge on any atom is -0.394 e. The molecule has 0 saturated carbocycles. The van der Waals surface area contributed by atoms with Gasteiger partial charge in [-0.15, -0.1) is 0 Å². The summed E-state index contributed by atoms with van der Waals surface area (Å²) in [7, 11) is 0. The summed E-state index contributed by atoms with van der Waals surface area (Å²) in [5.74, 6) is 0. The van der Waals surface area contributed by atoms with Crippen LogP contribution in [0.25, 0.3) is 0 Å². The highest BCUT2D eigenvalue weighted by Crippen LogP contribution is 1.93. The molecule has 0 spiro atoms. The van der Waals surface area contributed by atoms with Crippen molar-refractivity contribution in [3.05, 3.63) is 24.3 Å². The zero-order chi connectivity index (χ0) is 10.6. The van der Waals surface area contributed by atoms with Crippen molar-refractivity contribution in [3.8, 4) is 0 Å². The zero-order valence-corrected chi connectivity index (χ0v) is 8.98. The molecule has 0 saturated heterocycles. The van der Waals surface area contributed by atoms with Crippen LogP contribution in [0.1, 0.15) is 13.8 Å². The van der Waals surface area contributed by atoms with Gasteiger partial charge in [-0.2, -0.15) is 0 Å². The largest absolute Gasteiger partial charge is 0.394 e. The van der Waals surface area contributed by atoms with Crippen molar-refractivity contribution >= 4 is 0 Å². The summed E-state index contributed by atoms with van der Waals surface area (Å²) in [6.45, 7) is 5.38. The van der Waals surface area contributed by atoms with Crippen LogP contribution in [0.2, 0.25) is 0 Å². The summed E-state index contributed by atoms with van der Waals surface area (Å²) in [6.07, 6.45) is 7.43. The Hall–Kier alpha value is -0.640. The molecule has 0 amide bonds. The minimum absolute atomic E-state index is 0.00655.